The number of ether oxygens (including phenoxy) is 1. The fraction of sp³-hybridized carbons (Fsp3) is 0.562. The van der Waals surface area contributed by atoms with E-state index in [-0.39, 0.29) is 17.7 Å². The second-order valence-corrected chi connectivity index (χ2v) is 6.51. The van der Waals surface area contributed by atoms with Crippen molar-refractivity contribution in [3.63, 3.8) is 0 Å². The number of hydrogen-bond donors (Lipinski definition) is 1. The number of carbonyl (C=O) groups is 1. The first-order valence-electron chi connectivity index (χ1n) is 7.33. The molecule has 1 fully saturated rings. The minimum Gasteiger partial charge on any atom is -0.444 e. The molecule has 1 heterocycles. The van der Waals surface area contributed by atoms with Gasteiger partial charge in [-0.2, -0.15) is 0 Å². The van der Waals surface area contributed by atoms with Crippen LogP contribution in [0.1, 0.15) is 38.3 Å². The summed E-state index contributed by atoms with van der Waals surface area (Å²) in [5.74, 6) is 0. The minimum absolute atomic E-state index is 0.0310. The molecule has 1 aliphatic heterocycles. The highest BCUT2D eigenvalue weighted by Gasteiger charge is 2.33. The van der Waals surface area contributed by atoms with Gasteiger partial charge in [0.1, 0.15) is 5.60 Å². The maximum absolute atomic E-state index is 12.4. The molecule has 1 amide bonds. The normalized spacial score (nSPS) is 15.8. The fourth-order valence-corrected chi connectivity index (χ4v) is 2.13. The lowest BCUT2D eigenvalue weighted by Gasteiger charge is -2.40. The summed E-state index contributed by atoms with van der Waals surface area (Å²) in [5, 5.41) is 3.29. The summed E-state index contributed by atoms with van der Waals surface area (Å²) < 4.78 is 30.2. The zero-order valence-corrected chi connectivity index (χ0v) is 13.1. The Labute approximate surface area is 129 Å². The van der Waals surface area contributed by atoms with Gasteiger partial charge in [0.05, 0.1) is 0 Å². The van der Waals surface area contributed by atoms with Crippen LogP contribution in [0.3, 0.4) is 0 Å². The van der Waals surface area contributed by atoms with E-state index in [9.17, 15) is 13.6 Å². The first-order chi connectivity index (χ1) is 10.2. The summed E-state index contributed by atoms with van der Waals surface area (Å²) >= 11 is 0. The number of halogens is 2. The summed E-state index contributed by atoms with van der Waals surface area (Å²) in [7, 11) is 0. The van der Waals surface area contributed by atoms with Crippen molar-refractivity contribution < 1.29 is 18.3 Å². The lowest BCUT2D eigenvalue weighted by molar-refractivity contribution is 0.00518. The van der Waals surface area contributed by atoms with Gasteiger partial charge in [-0.25, -0.2) is 13.6 Å². The molecule has 22 heavy (non-hydrogen) atoms. The molecule has 0 aromatic heterocycles. The third-order valence-corrected chi connectivity index (χ3v) is 3.36. The van der Waals surface area contributed by atoms with Crippen LogP contribution in [0.25, 0.3) is 0 Å². The highest BCUT2D eigenvalue weighted by molar-refractivity contribution is 5.69. The third-order valence-electron chi connectivity index (χ3n) is 3.36. The zero-order chi connectivity index (χ0) is 16.3. The molecule has 0 atom stereocenters. The molecule has 4 nitrogen and oxygen atoms in total. The second-order valence-electron chi connectivity index (χ2n) is 6.51. The average Bonchev–Trinajstić information content (AvgIpc) is 2.35. The van der Waals surface area contributed by atoms with Crippen LogP contribution < -0.4 is 5.32 Å². The predicted octanol–water partition coefficient (Wildman–Crippen LogP) is 3.33. The monoisotopic (exact) mass is 312 g/mol. The molecule has 1 saturated heterocycles. The van der Waals surface area contributed by atoms with E-state index in [4.69, 9.17) is 4.74 Å². The maximum Gasteiger partial charge on any atom is 0.410 e. The lowest BCUT2D eigenvalue weighted by atomic mass is 10.1. The molecule has 1 aromatic rings. The van der Waals surface area contributed by atoms with Crippen LogP contribution in [0.15, 0.2) is 24.3 Å². The van der Waals surface area contributed by atoms with E-state index < -0.39 is 12.0 Å². The van der Waals surface area contributed by atoms with E-state index in [2.05, 4.69) is 5.32 Å². The Hall–Kier alpha value is -1.69. The number of nitrogens with one attached hydrogen (secondary N) is 1. The highest BCUT2D eigenvalue weighted by Crippen LogP contribution is 2.19. The van der Waals surface area contributed by atoms with Crippen molar-refractivity contribution in [1.82, 2.24) is 10.2 Å². The van der Waals surface area contributed by atoms with Gasteiger partial charge in [0.2, 0.25) is 0 Å². The number of rotatable bonds is 4. The number of carbonyl (C=O) groups excluding carboxylic acids is 1. The molecule has 6 heteroatoms. The van der Waals surface area contributed by atoms with E-state index in [1.807, 2.05) is 20.8 Å². The van der Waals surface area contributed by atoms with Gasteiger partial charge in [-0.3, -0.25) is 0 Å². The van der Waals surface area contributed by atoms with E-state index in [0.717, 1.165) is 5.56 Å². The molecular weight excluding hydrogens is 290 g/mol. The summed E-state index contributed by atoms with van der Waals surface area (Å²) in [6.07, 6.45) is -2.73. The summed E-state index contributed by atoms with van der Waals surface area (Å²) in [4.78, 5) is 13.4. The van der Waals surface area contributed by atoms with Crippen LogP contribution in [0.2, 0.25) is 0 Å². The van der Waals surface area contributed by atoms with Crippen LogP contribution in [0, 0.1) is 0 Å². The number of benzene rings is 1. The standard InChI is InChI=1S/C16H22F2N2O2/c1-16(2,3)22-15(21)20-9-13(10-20)19-8-11-4-6-12(7-5-11)14(17)18/h4-7,13-14,19H,8-10H2,1-3H3. The Balaban J connectivity index is 1.71. The fourth-order valence-electron chi connectivity index (χ4n) is 2.13. The van der Waals surface area contributed by atoms with Crippen molar-refractivity contribution in [1.29, 1.82) is 0 Å². The van der Waals surface area contributed by atoms with Crippen LogP contribution in [-0.2, 0) is 11.3 Å². The van der Waals surface area contributed by atoms with Crippen LogP contribution in [-0.4, -0.2) is 35.7 Å². The van der Waals surface area contributed by atoms with Crippen LogP contribution in [0.4, 0.5) is 13.6 Å². The van der Waals surface area contributed by atoms with Gasteiger partial charge in [-0.15, -0.1) is 0 Å². The van der Waals surface area contributed by atoms with E-state index in [1.54, 1.807) is 17.0 Å². The van der Waals surface area contributed by atoms with E-state index in [0.29, 0.717) is 19.6 Å². The molecule has 0 aliphatic carbocycles. The number of nitrogens with zero attached hydrogens (tertiary/aromatic N) is 1. The van der Waals surface area contributed by atoms with Gasteiger partial charge in [0.25, 0.3) is 6.43 Å². The van der Waals surface area contributed by atoms with Gasteiger partial charge < -0.3 is 15.0 Å². The number of likely N-dealkylation sites (tertiary alicyclic amines) is 1. The Morgan fingerprint density at radius 2 is 1.91 bits per heavy atom. The lowest BCUT2D eigenvalue weighted by Crippen LogP contribution is -2.60. The highest BCUT2D eigenvalue weighted by atomic mass is 19.3. The Morgan fingerprint density at radius 3 is 2.41 bits per heavy atom. The van der Waals surface area contributed by atoms with Gasteiger partial charge in [-0.1, -0.05) is 24.3 Å². The Bertz CT molecular complexity index is 506. The molecule has 0 spiro atoms. The number of amides is 1. The molecule has 0 unspecified atom stereocenters. The number of alkyl halides is 2. The Kier molecular flexibility index (Phi) is 5.01. The topological polar surface area (TPSA) is 41.6 Å². The van der Waals surface area contributed by atoms with Gasteiger partial charge in [0.15, 0.2) is 0 Å². The Morgan fingerprint density at radius 1 is 1.32 bits per heavy atom. The zero-order valence-electron chi connectivity index (χ0n) is 13.1. The van der Waals surface area contributed by atoms with Gasteiger partial charge >= 0.3 is 6.09 Å². The third kappa shape index (κ3) is 4.66. The largest absolute Gasteiger partial charge is 0.444 e. The van der Waals surface area contributed by atoms with Crippen LogP contribution >= 0.6 is 0 Å². The molecule has 2 rings (SSSR count). The number of hydrogen-bond acceptors (Lipinski definition) is 3. The van der Waals surface area contributed by atoms with Crippen molar-refractivity contribution in [2.24, 2.45) is 0 Å². The molecule has 0 saturated carbocycles. The van der Waals surface area contributed by atoms with Gasteiger partial charge in [-0.05, 0) is 26.3 Å². The predicted molar refractivity (Wildman–Crippen MR) is 79.8 cm³/mol. The molecule has 0 bridgehead atoms. The first-order valence-corrected chi connectivity index (χ1v) is 7.33. The summed E-state index contributed by atoms with van der Waals surface area (Å²) in [5.41, 5.74) is 0.491. The van der Waals surface area contributed by atoms with Crippen LogP contribution in [0.5, 0.6) is 0 Å². The van der Waals surface area contributed by atoms with Gasteiger partial charge in [0, 0.05) is 31.2 Å². The second kappa shape index (κ2) is 6.60. The summed E-state index contributed by atoms with van der Waals surface area (Å²) in [6.45, 7) is 7.31. The molecule has 1 N–H and O–H groups in total. The van der Waals surface area contributed by atoms with E-state index >= 15 is 0 Å². The van der Waals surface area contributed by atoms with Crippen molar-refractivity contribution in [2.45, 2.75) is 45.4 Å². The molecular formula is C16H22F2N2O2. The summed E-state index contributed by atoms with van der Waals surface area (Å²) in [6, 6.07) is 6.48. The smallest absolute Gasteiger partial charge is 0.410 e. The molecule has 1 aliphatic rings. The van der Waals surface area contributed by atoms with Crippen molar-refractivity contribution >= 4 is 6.09 Å². The first kappa shape index (κ1) is 16.7. The van der Waals surface area contributed by atoms with Crippen molar-refractivity contribution in [3.8, 4) is 0 Å². The maximum atomic E-state index is 12.4. The van der Waals surface area contributed by atoms with Crippen molar-refractivity contribution in [3.05, 3.63) is 35.4 Å². The molecule has 122 valence electrons. The minimum atomic E-state index is -2.43. The SMILES string of the molecule is CC(C)(C)OC(=O)N1CC(NCc2ccc(C(F)F)cc2)C1. The molecule has 0 radical (unpaired) electrons. The molecule has 1 aromatic carbocycles. The van der Waals surface area contributed by atoms with E-state index in [1.165, 1.54) is 12.1 Å². The van der Waals surface area contributed by atoms with Crippen molar-refractivity contribution in [2.75, 3.05) is 13.1 Å². The average molecular weight is 312 g/mol. The quantitative estimate of drug-likeness (QED) is 0.927.